The quantitative estimate of drug-likeness (QED) is 0.724. The molecular formula is C15H20N2O4. The van der Waals surface area contributed by atoms with Gasteiger partial charge < -0.3 is 20.6 Å². The Morgan fingerprint density at radius 1 is 1.33 bits per heavy atom. The average molecular weight is 292 g/mol. The zero-order valence-electron chi connectivity index (χ0n) is 12.3. The second-order valence-corrected chi connectivity index (χ2v) is 5.63. The van der Waals surface area contributed by atoms with E-state index >= 15 is 0 Å². The van der Waals surface area contributed by atoms with Gasteiger partial charge in [-0.2, -0.15) is 0 Å². The van der Waals surface area contributed by atoms with Crippen molar-refractivity contribution < 1.29 is 19.4 Å². The Morgan fingerprint density at radius 2 is 1.90 bits per heavy atom. The predicted octanol–water partition coefficient (Wildman–Crippen LogP) is 2.20. The molecule has 1 aromatic carbocycles. The lowest BCUT2D eigenvalue weighted by atomic mass is 10.0. The van der Waals surface area contributed by atoms with Crippen molar-refractivity contribution in [2.24, 2.45) is 0 Å². The van der Waals surface area contributed by atoms with Gasteiger partial charge in [0, 0.05) is 12.6 Å². The van der Waals surface area contributed by atoms with E-state index < -0.39 is 23.7 Å². The van der Waals surface area contributed by atoms with Gasteiger partial charge in [0.05, 0.1) is 0 Å². The van der Waals surface area contributed by atoms with Crippen molar-refractivity contribution in [2.75, 3.05) is 0 Å². The first-order valence-electron chi connectivity index (χ1n) is 6.53. The maximum absolute atomic E-state index is 11.6. The number of carboxylic acid groups (broad SMARTS) is 1. The van der Waals surface area contributed by atoms with Crippen LogP contribution in [0.3, 0.4) is 0 Å². The Balaban J connectivity index is 2.71. The number of hydrogen-bond acceptors (Lipinski definition) is 4. The summed E-state index contributed by atoms with van der Waals surface area (Å²) >= 11 is 0. The highest BCUT2D eigenvalue weighted by molar-refractivity contribution is 5.80. The summed E-state index contributed by atoms with van der Waals surface area (Å²) in [4.78, 5) is 22.9. The fraction of sp³-hybridized carbons (Fsp3) is 0.400. The van der Waals surface area contributed by atoms with Gasteiger partial charge in [-0.25, -0.2) is 9.59 Å². The van der Waals surface area contributed by atoms with Crippen LogP contribution < -0.4 is 5.32 Å². The SMILES string of the molecule is CC(C)(C)OC(=O)NC(Cc1ccc(C=N)cc1)C(=O)O. The van der Waals surface area contributed by atoms with Crippen LogP contribution in [0.4, 0.5) is 4.79 Å². The number of rotatable bonds is 5. The first kappa shape index (κ1) is 16.7. The van der Waals surface area contributed by atoms with E-state index in [0.717, 1.165) is 11.1 Å². The van der Waals surface area contributed by atoms with Gasteiger partial charge in [0.25, 0.3) is 0 Å². The Bertz CT molecular complexity index is 517. The summed E-state index contributed by atoms with van der Waals surface area (Å²) in [5.41, 5.74) is 0.799. The Labute approximate surface area is 123 Å². The molecular weight excluding hydrogens is 272 g/mol. The predicted molar refractivity (Wildman–Crippen MR) is 78.8 cm³/mol. The van der Waals surface area contributed by atoms with Gasteiger partial charge in [-0.15, -0.1) is 0 Å². The maximum Gasteiger partial charge on any atom is 0.408 e. The number of hydrogen-bond donors (Lipinski definition) is 3. The number of alkyl carbamates (subject to hydrolysis) is 1. The van der Waals surface area contributed by atoms with Crippen LogP contribution in [-0.4, -0.2) is 35.0 Å². The first-order valence-corrected chi connectivity index (χ1v) is 6.53. The summed E-state index contributed by atoms with van der Waals surface area (Å²) < 4.78 is 5.05. The molecule has 0 heterocycles. The largest absolute Gasteiger partial charge is 0.480 e. The molecule has 21 heavy (non-hydrogen) atoms. The number of nitrogens with one attached hydrogen (secondary N) is 2. The second kappa shape index (κ2) is 6.88. The van der Waals surface area contributed by atoms with Gasteiger partial charge >= 0.3 is 12.1 Å². The minimum Gasteiger partial charge on any atom is -0.480 e. The lowest BCUT2D eigenvalue weighted by Crippen LogP contribution is -2.44. The number of carbonyl (C=O) groups is 2. The number of aliphatic carboxylic acids is 1. The smallest absolute Gasteiger partial charge is 0.408 e. The molecule has 0 aliphatic rings. The van der Waals surface area contributed by atoms with Gasteiger partial charge in [0.1, 0.15) is 11.6 Å². The molecule has 1 amide bonds. The Kier molecular flexibility index (Phi) is 5.46. The molecule has 3 N–H and O–H groups in total. The van der Waals surface area contributed by atoms with Crippen LogP contribution in [0.1, 0.15) is 31.9 Å². The molecule has 1 atom stereocenters. The van der Waals surface area contributed by atoms with E-state index in [9.17, 15) is 14.7 Å². The van der Waals surface area contributed by atoms with E-state index in [0.29, 0.717) is 0 Å². The Morgan fingerprint density at radius 3 is 2.33 bits per heavy atom. The summed E-state index contributed by atoms with van der Waals surface area (Å²) in [7, 11) is 0. The fourth-order valence-electron chi connectivity index (χ4n) is 1.64. The standard InChI is InChI=1S/C15H20N2O4/c1-15(2,3)21-14(20)17-12(13(18)19)8-10-4-6-11(9-16)7-5-10/h4-7,9,12,16H,8H2,1-3H3,(H,17,20)(H,18,19). The molecule has 0 saturated heterocycles. The number of benzene rings is 1. The van der Waals surface area contributed by atoms with Crippen molar-refractivity contribution in [3.63, 3.8) is 0 Å². The van der Waals surface area contributed by atoms with Crippen molar-refractivity contribution >= 4 is 18.3 Å². The lowest BCUT2D eigenvalue weighted by Gasteiger charge is -2.22. The number of carbonyl (C=O) groups excluding carboxylic acids is 1. The van der Waals surface area contributed by atoms with Crippen molar-refractivity contribution in [2.45, 2.75) is 38.8 Å². The lowest BCUT2D eigenvalue weighted by molar-refractivity contribution is -0.139. The van der Waals surface area contributed by atoms with E-state index in [1.54, 1.807) is 45.0 Å². The summed E-state index contributed by atoms with van der Waals surface area (Å²) in [6.45, 7) is 5.12. The second-order valence-electron chi connectivity index (χ2n) is 5.63. The first-order chi connectivity index (χ1) is 9.71. The highest BCUT2D eigenvalue weighted by atomic mass is 16.6. The zero-order valence-corrected chi connectivity index (χ0v) is 12.3. The Hall–Kier alpha value is -2.37. The molecule has 1 rings (SSSR count). The molecule has 1 unspecified atom stereocenters. The highest BCUT2D eigenvalue weighted by Crippen LogP contribution is 2.09. The van der Waals surface area contributed by atoms with Gasteiger partial charge in [0.15, 0.2) is 0 Å². The van der Waals surface area contributed by atoms with E-state index in [2.05, 4.69) is 5.32 Å². The van der Waals surface area contributed by atoms with Crippen LogP contribution >= 0.6 is 0 Å². The minimum absolute atomic E-state index is 0.146. The van der Waals surface area contributed by atoms with Crippen LogP contribution in [0.25, 0.3) is 0 Å². The van der Waals surface area contributed by atoms with Crippen LogP contribution in [0.5, 0.6) is 0 Å². The van der Waals surface area contributed by atoms with Gasteiger partial charge in [-0.05, 0) is 31.9 Å². The third kappa shape index (κ3) is 6.07. The zero-order chi connectivity index (χ0) is 16.0. The molecule has 114 valence electrons. The molecule has 0 spiro atoms. The molecule has 0 aliphatic carbocycles. The molecule has 0 aliphatic heterocycles. The van der Waals surface area contributed by atoms with E-state index in [4.69, 9.17) is 10.1 Å². The topological polar surface area (TPSA) is 99.5 Å². The van der Waals surface area contributed by atoms with Crippen LogP contribution in [0, 0.1) is 5.41 Å². The third-order valence-corrected chi connectivity index (χ3v) is 2.58. The van der Waals surface area contributed by atoms with Gasteiger partial charge in [-0.1, -0.05) is 24.3 Å². The molecule has 0 radical (unpaired) electrons. The normalized spacial score (nSPS) is 12.3. The summed E-state index contributed by atoms with van der Waals surface area (Å²) in [6, 6.07) is 5.83. The number of carboxylic acids is 1. The van der Waals surface area contributed by atoms with Crippen LogP contribution in [-0.2, 0) is 16.0 Å². The highest BCUT2D eigenvalue weighted by Gasteiger charge is 2.24. The van der Waals surface area contributed by atoms with Crippen molar-refractivity contribution in [1.82, 2.24) is 5.32 Å². The molecule has 6 nitrogen and oxygen atoms in total. The fourth-order valence-corrected chi connectivity index (χ4v) is 1.64. The summed E-state index contributed by atoms with van der Waals surface area (Å²) in [6.07, 6.45) is 0.593. The molecule has 1 aromatic rings. The van der Waals surface area contributed by atoms with Crippen molar-refractivity contribution in [3.05, 3.63) is 35.4 Å². The maximum atomic E-state index is 11.6. The number of amides is 1. The van der Waals surface area contributed by atoms with Crippen LogP contribution in [0.2, 0.25) is 0 Å². The molecule has 0 bridgehead atoms. The van der Waals surface area contributed by atoms with Crippen molar-refractivity contribution in [3.8, 4) is 0 Å². The summed E-state index contributed by atoms with van der Waals surface area (Å²) in [5, 5.41) is 18.6. The third-order valence-electron chi connectivity index (χ3n) is 2.58. The number of ether oxygens (including phenoxy) is 1. The monoisotopic (exact) mass is 292 g/mol. The van der Waals surface area contributed by atoms with E-state index in [1.165, 1.54) is 6.21 Å². The molecule has 0 aromatic heterocycles. The van der Waals surface area contributed by atoms with Gasteiger partial charge in [0.2, 0.25) is 0 Å². The van der Waals surface area contributed by atoms with E-state index in [1.807, 2.05) is 0 Å². The van der Waals surface area contributed by atoms with Crippen molar-refractivity contribution in [1.29, 1.82) is 5.41 Å². The molecule has 0 fully saturated rings. The summed E-state index contributed by atoms with van der Waals surface area (Å²) in [5.74, 6) is -1.13. The minimum atomic E-state index is -1.13. The average Bonchev–Trinajstić information content (AvgIpc) is 2.36. The van der Waals surface area contributed by atoms with Gasteiger partial charge in [-0.3, -0.25) is 0 Å². The van der Waals surface area contributed by atoms with E-state index in [-0.39, 0.29) is 6.42 Å². The molecule has 0 saturated carbocycles. The van der Waals surface area contributed by atoms with Crippen LogP contribution in [0.15, 0.2) is 24.3 Å². The molecule has 6 heteroatoms.